The Labute approximate surface area is 86.7 Å². The lowest BCUT2D eigenvalue weighted by Crippen LogP contribution is -2.34. The van der Waals surface area contributed by atoms with Gasteiger partial charge in [-0.05, 0) is 27.8 Å². The summed E-state index contributed by atoms with van der Waals surface area (Å²) in [5.74, 6) is 0. The number of piperidine rings is 1. The second kappa shape index (κ2) is 4.13. The van der Waals surface area contributed by atoms with Crippen LogP contribution in [0.15, 0.2) is 16.8 Å². The fourth-order valence-corrected chi connectivity index (χ4v) is 1.60. The standard InChI is InChI=1S/C11H21N3/c1-11(2,3)13-10-5-6-14(4)8-9(10)7-12/h7H,5-6,8,12H2,1-4H3. The normalized spacial score (nSPS) is 26.0. The van der Waals surface area contributed by atoms with E-state index >= 15 is 0 Å². The minimum Gasteiger partial charge on any atom is -0.404 e. The summed E-state index contributed by atoms with van der Waals surface area (Å²) in [5.41, 5.74) is 7.96. The Morgan fingerprint density at radius 1 is 1.43 bits per heavy atom. The van der Waals surface area contributed by atoms with Crippen LogP contribution in [0.3, 0.4) is 0 Å². The van der Waals surface area contributed by atoms with Crippen molar-refractivity contribution in [3.05, 3.63) is 11.8 Å². The Balaban J connectivity index is 2.84. The van der Waals surface area contributed by atoms with Crippen molar-refractivity contribution in [2.24, 2.45) is 10.7 Å². The molecule has 0 unspecified atom stereocenters. The minimum absolute atomic E-state index is 0.000491. The van der Waals surface area contributed by atoms with Gasteiger partial charge in [0.15, 0.2) is 0 Å². The van der Waals surface area contributed by atoms with E-state index in [0.717, 1.165) is 19.5 Å². The molecule has 1 aliphatic rings. The van der Waals surface area contributed by atoms with Crippen molar-refractivity contribution in [2.45, 2.75) is 32.7 Å². The van der Waals surface area contributed by atoms with Gasteiger partial charge in [-0.1, -0.05) is 0 Å². The van der Waals surface area contributed by atoms with Crippen LogP contribution in [0, 0.1) is 0 Å². The first-order chi connectivity index (χ1) is 6.42. The molecule has 0 aromatic carbocycles. The summed E-state index contributed by atoms with van der Waals surface area (Å²) in [4.78, 5) is 6.96. The molecule has 0 aromatic heterocycles. The van der Waals surface area contributed by atoms with Gasteiger partial charge in [0.2, 0.25) is 0 Å². The molecule has 1 fully saturated rings. The van der Waals surface area contributed by atoms with E-state index in [1.807, 2.05) is 0 Å². The molecule has 0 amide bonds. The fraction of sp³-hybridized carbons (Fsp3) is 0.727. The molecule has 1 aliphatic heterocycles. The molecular formula is C11H21N3. The van der Waals surface area contributed by atoms with Gasteiger partial charge < -0.3 is 10.6 Å². The topological polar surface area (TPSA) is 41.6 Å². The van der Waals surface area contributed by atoms with Gasteiger partial charge in [-0.3, -0.25) is 4.99 Å². The molecule has 3 nitrogen and oxygen atoms in total. The van der Waals surface area contributed by atoms with Crippen LogP contribution in [-0.2, 0) is 0 Å². The van der Waals surface area contributed by atoms with E-state index in [9.17, 15) is 0 Å². The summed E-state index contributed by atoms with van der Waals surface area (Å²) in [6.07, 6.45) is 2.71. The highest BCUT2D eigenvalue weighted by Crippen LogP contribution is 2.16. The second-order valence-corrected chi connectivity index (χ2v) is 4.91. The minimum atomic E-state index is -0.000491. The molecule has 3 heteroatoms. The number of aliphatic imine (C=N–C) groups is 1. The molecule has 0 atom stereocenters. The Morgan fingerprint density at radius 3 is 2.57 bits per heavy atom. The van der Waals surface area contributed by atoms with Gasteiger partial charge in [0.1, 0.15) is 0 Å². The molecule has 0 radical (unpaired) electrons. The van der Waals surface area contributed by atoms with Crippen LogP contribution in [0.4, 0.5) is 0 Å². The van der Waals surface area contributed by atoms with Crippen molar-refractivity contribution < 1.29 is 0 Å². The monoisotopic (exact) mass is 195 g/mol. The number of likely N-dealkylation sites (tertiary alicyclic amines) is 1. The maximum atomic E-state index is 5.61. The van der Waals surface area contributed by atoms with Crippen molar-refractivity contribution in [1.82, 2.24) is 4.90 Å². The summed E-state index contributed by atoms with van der Waals surface area (Å²) in [5, 5.41) is 0. The first-order valence-corrected chi connectivity index (χ1v) is 5.11. The third-order valence-corrected chi connectivity index (χ3v) is 2.21. The van der Waals surface area contributed by atoms with Gasteiger partial charge >= 0.3 is 0 Å². The third-order valence-electron chi connectivity index (χ3n) is 2.21. The number of nitrogens with two attached hydrogens (primary N) is 1. The smallest absolute Gasteiger partial charge is 0.0527 e. The van der Waals surface area contributed by atoms with E-state index in [-0.39, 0.29) is 5.54 Å². The van der Waals surface area contributed by atoms with Gasteiger partial charge in [-0.15, -0.1) is 0 Å². The predicted molar refractivity (Wildman–Crippen MR) is 61.6 cm³/mol. The Kier molecular flexibility index (Phi) is 3.32. The zero-order valence-corrected chi connectivity index (χ0v) is 9.67. The molecule has 0 saturated carbocycles. The lowest BCUT2D eigenvalue weighted by Gasteiger charge is -2.27. The summed E-state index contributed by atoms with van der Waals surface area (Å²) < 4.78 is 0. The highest BCUT2D eigenvalue weighted by atomic mass is 15.1. The molecule has 0 bridgehead atoms. The predicted octanol–water partition coefficient (Wildman–Crippen LogP) is 1.40. The molecule has 14 heavy (non-hydrogen) atoms. The maximum absolute atomic E-state index is 5.61. The van der Waals surface area contributed by atoms with Gasteiger partial charge in [0.05, 0.1) is 5.54 Å². The lowest BCUT2D eigenvalue weighted by atomic mass is 10.0. The zero-order valence-electron chi connectivity index (χ0n) is 9.67. The molecule has 1 heterocycles. The molecule has 0 spiro atoms. The van der Waals surface area contributed by atoms with E-state index in [1.54, 1.807) is 6.20 Å². The van der Waals surface area contributed by atoms with Gasteiger partial charge in [-0.2, -0.15) is 0 Å². The van der Waals surface area contributed by atoms with Crippen molar-refractivity contribution in [1.29, 1.82) is 0 Å². The fourth-order valence-electron chi connectivity index (χ4n) is 1.60. The van der Waals surface area contributed by atoms with Gasteiger partial charge in [0.25, 0.3) is 0 Å². The Morgan fingerprint density at radius 2 is 2.07 bits per heavy atom. The Hall–Kier alpha value is -0.830. The Bertz CT molecular complexity index is 258. The van der Waals surface area contributed by atoms with Gasteiger partial charge in [-0.25, -0.2) is 0 Å². The number of nitrogens with zero attached hydrogens (tertiary/aromatic N) is 2. The van der Waals surface area contributed by atoms with E-state index in [2.05, 4.69) is 32.7 Å². The molecule has 0 aromatic rings. The van der Waals surface area contributed by atoms with Crippen LogP contribution in [-0.4, -0.2) is 36.3 Å². The third kappa shape index (κ3) is 3.14. The van der Waals surface area contributed by atoms with Crippen LogP contribution in [0.5, 0.6) is 0 Å². The summed E-state index contributed by atoms with van der Waals surface area (Å²) >= 11 is 0. The van der Waals surface area contributed by atoms with Crippen LogP contribution < -0.4 is 5.73 Å². The highest BCUT2D eigenvalue weighted by Gasteiger charge is 2.19. The summed E-state index contributed by atoms with van der Waals surface area (Å²) in [7, 11) is 2.11. The van der Waals surface area contributed by atoms with Crippen molar-refractivity contribution in [3.63, 3.8) is 0 Å². The van der Waals surface area contributed by atoms with Crippen LogP contribution >= 0.6 is 0 Å². The molecule has 0 aliphatic carbocycles. The highest BCUT2D eigenvalue weighted by molar-refractivity contribution is 6.01. The SMILES string of the molecule is CN1CCC(=NC(C)(C)C)C(=CN)C1. The number of hydrogen-bond donors (Lipinski definition) is 1. The van der Waals surface area contributed by atoms with Crippen LogP contribution in [0.1, 0.15) is 27.2 Å². The average Bonchev–Trinajstić information content (AvgIpc) is 2.06. The van der Waals surface area contributed by atoms with Crippen molar-refractivity contribution >= 4 is 5.71 Å². The van der Waals surface area contributed by atoms with E-state index in [1.165, 1.54) is 11.3 Å². The summed E-state index contributed by atoms with van der Waals surface area (Å²) in [6, 6.07) is 0. The maximum Gasteiger partial charge on any atom is 0.0527 e. The second-order valence-electron chi connectivity index (χ2n) is 4.91. The number of rotatable bonds is 0. The molecular weight excluding hydrogens is 174 g/mol. The molecule has 2 N–H and O–H groups in total. The zero-order chi connectivity index (χ0) is 10.8. The first-order valence-electron chi connectivity index (χ1n) is 5.11. The van der Waals surface area contributed by atoms with E-state index in [0.29, 0.717) is 0 Å². The molecule has 1 saturated heterocycles. The van der Waals surface area contributed by atoms with Gasteiger partial charge in [0, 0.05) is 37.0 Å². The lowest BCUT2D eigenvalue weighted by molar-refractivity contribution is 0.363. The molecule has 1 rings (SSSR count). The largest absolute Gasteiger partial charge is 0.404 e. The number of hydrogen-bond acceptors (Lipinski definition) is 3. The van der Waals surface area contributed by atoms with Crippen molar-refractivity contribution in [3.8, 4) is 0 Å². The number of likely N-dealkylation sites (N-methyl/N-ethyl adjacent to an activating group) is 1. The quantitative estimate of drug-likeness (QED) is 0.635. The van der Waals surface area contributed by atoms with E-state index < -0.39 is 0 Å². The molecule has 80 valence electrons. The van der Waals surface area contributed by atoms with Crippen LogP contribution in [0.25, 0.3) is 0 Å². The first kappa shape index (κ1) is 11.2. The van der Waals surface area contributed by atoms with Crippen LogP contribution in [0.2, 0.25) is 0 Å². The van der Waals surface area contributed by atoms with Crippen molar-refractivity contribution in [2.75, 3.05) is 20.1 Å². The summed E-state index contributed by atoms with van der Waals surface area (Å²) in [6.45, 7) is 8.35. The van der Waals surface area contributed by atoms with E-state index in [4.69, 9.17) is 10.7 Å². The average molecular weight is 195 g/mol.